The first-order valence-electron chi connectivity index (χ1n) is 8.02. The van der Waals surface area contributed by atoms with E-state index in [1.54, 1.807) is 7.11 Å². The molecule has 0 heterocycles. The third-order valence-corrected chi connectivity index (χ3v) is 3.89. The largest absolute Gasteiger partial charge is 0.497 e. The Morgan fingerprint density at radius 1 is 1.08 bits per heavy atom. The van der Waals surface area contributed by atoms with Crippen molar-refractivity contribution in [1.82, 2.24) is 10.6 Å². The number of hydrogen-bond acceptors (Lipinski definition) is 3. The molecule has 2 rings (SSSR count). The van der Waals surface area contributed by atoms with Crippen LogP contribution in [0.3, 0.4) is 0 Å². The van der Waals surface area contributed by atoms with E-state index in [1.807, 2.05) is 42.5 Å². The fraction of sp³-hybridized carbons (Fsp3) is 0.316. The van der Waals surface area contributed by atoms with Crippen LogP contribution in [-0.4, -0.2) is 26.1 Å². The van der Waals surface area contributed by atoms with Crippen LogP contribution in [0.25, 0.3) is 0 Å². The van der Waals surface area contributed by atoms with Crippen LogP contribution in [0.1, 0.15) is 17.5 Å². The normalized spacial score (nSPS) is 10.4. The van der Waals surface area contributed by atoms with E-state index in [0.29, 0.717) is 19.5 Å². The smallest absolute Gasteiger partial charge is 0.221 e. The maximum atomic E-state index is 11.8. The summed E-state index contributed by atoms with van der Waals surface area (Å²) in [5.41, 5.74) is 2.25. The lowest BCUT2D eigenvalue weighted by molar-refractivity contribution is -0.121. The molecule has 0 bridgehead atoms. The van der Waals surface area contributed by atoms with Gasteiger partial charge >= 0.3 is 0 Å². The fourth-order valence-electron chi connectivity index (χ4n) is 2.28. The molecule has 24 heavy (non-hydrogen) atoms. The predicted octanol–water partition coefficient (Wildman–Crippen LogP) is 3.19. The third kappa shape index (κ3) is 6.60. The van der Waals surface area contributed by atoms with Crippen LogP contribution >= 0.6 is 11.6 Å². The summed E-state index contributed by atoms with van der Waals surface area (Å²) in [6.07, 6.45) is 1.36. The van der Waals surface area contributed by atoms with Crippen molar-refractivity contribution in [2.45, 2.75) is 19.4 Å². The van der Waals surface area contributed by atoms with Crippen LogP contribution in [-0.2, 0) is 17.8 Å². The molecule has 0 saturated heterocycles. The van der Waals surface area contributed by atoms with E-state index in [9.17, 15) is 4.79 Å². The van der Waals surface area contributed by atoms with Crippen molar-refractivity contribution in [3.05, 3.63) is 64.7 Å². The number of benzene rings is 2. The van der Waals surface area contributed by atoms with Crippen molar-refractivity contribution in [2.24, 2.45) is 0 Å². The van der Waals surface area contributed by atoms with Crippen molar-refractivity contribution in [3.63, 3.8) is 0 Å². The summed E-state index contributed by atoms with van der Waals surface area (Å²) in [4.78, 5) is 11.8. The second-order valence-corrected chi connectivity index (χ2v) is 5.94. The molecular formula is C19H23ClN2O2. The molecule has 1 amide bonds. The Labute approximate surface area is 148 Å². The topological polar surface area (TPSA) is 50.4 Å². The lowest BCUT2D eigenvalue weighted by Gasteiger charge is -2.08. The van der Waals surface area contributed by atoms with Gasteiger partial charge in [-0.15, -0.1) is 0 Å². The Kier molecular flexibility index (Phi) is 7.59. The maximum absolute atomic E-state index is 11.8. The molecule has 0 aliphatic rings. The van der Waals surface area contributed by atoms with Crippen LogP contribution in [0.2, 0.25) is 5.02 Å². The van der Waals surface area contributed by atoms with Gasteiger partial charge in [0.05, 0.1) is 7.11 Å². The van der Waals surface area contributed by atoms with E-state index in [-0.39, 0.29) is 5.91 Å². The van der Waals surface area contributed by atoms with E-state index in [4.69, 9.17) is 16.3 Å². The zero-order chi connectivity index (χ0) is 17.2. The van der Waals surface area contributed by atoms with Gasteiger partial charge in [0.25, 0.3) is 0 Å². The van der Waals surface area contributed by atoms with Gasteiger partial charge in [0.1, 0.15) is 5.75 Å². The van der Waals surface area contributed by atoms with Crippen molar-refractivity contribution >= 4 is 17.5 Å². The summed E-state index contributed by atoms with van der Waals surface area (Å²) < 4.78 is 5.11. The summed E-state index contributed by atoms with van der Waals surface area (Å²) in [6.45, 7) is 2.02. The molecule has 4 nitrogen and oxygen atoms in total. The summed E-state index contributed by atoms with van der Waals surface area (Å²) in [5.74, 6) is 0.857. The van der Waals surface area contributed by atoms with Crippen LogP contribution in [0.4, 0.5) is 0 Å². The van der Waals surface area contributed by atoms with Gasteiger partial charge < -0.3 is 15.4 Å². The minimum atomic E-state index is 0.0427. The van der Waals surface area contributed by atoms with Crippen LogP contribution in [0.5, 0.6) is 5.75 Å². The molecule has 2 aromatic carbocycles. The quantitative estimate of drug-likeness (QED) is 0.686. The molecule has 0 aliphatic heterocycles. The predicted molar refractivity (Wildman–Crippen MR) is 97.5 cm³/mol. The average molecular weight is 347 g/mol. The SMILES string of the molecule is COc1ccc(CNC(=O)CCNCCc2cccc(Cl)c2)cc1. The van der Waals surface area contributed by atoms with Crippen molar-refractivity contribution in [3.8, 4) is 5.75 Å². The highest BCUT2D eigenvalue weighted by atomic mass is 35.5. The molecule has 0 aromatic heterocycles. The molecule has 5 heteroatoms. The molecule has 0 atom stereocenters. The minimum absolute atomic E-state index is 0.0427. The van der Waals surface area contributed by atoms with E-state index in [0.717, 1.165) is 29.3 Å². The van der Waals surface area contributed by atoms with Crippen molar-refractivity contribution in [2.75, 3.05) is 20.2 Å². The number of carbonyl (C=O) groups excluding carboxylic acids is 1. The van der Waals surface area contributed by atoms with Gasteiger partial charge in [-0.1, -0.05) is 35.9 Å². The van der Waals surface area contributed by atoms with Crippen LogP contribution < -0.4 is 15.4 Å². The lowest BCUT2D eigenvalue weighted by atomic mass is 10.1. The molecule has 2 aromatic rings. The molecule has 0 fully saturated rings. The van der Waals surface area contributed by atoms with Gasteiger partial charge in [0.15, 0.2) is 0 Å². The Bertz CT molecular complexity index is 644. The first-order chi connectivity index (χ1) is 11.7. The molecule has 0 saturated carbocycles. The molecule has 2 N–H and O–H groups in total. The zero-order valence-corrected chi connectivity index (χ0v) is 14.6. The molecule has 0 aliphatic carbocycles. The Balaban J connectivity index is 1.57. The number of ether oxygens (including phenoxy) is 1. The van der Waals surface area contributed by atoms with E-state index in [2.05, 4.69) is 16.7 Å². The molecule has 0 radical (unpaired) electrons. The van der Waals surface area contributed by atoms with Crippen LogP contribution in [0.15, 0.2) is 48.5 Å². The monoisotopic (exact) mass is 346 g/mol. The minimum Gasteiger partial charge on any atom is -0.497 e. The zero-order valence-electron chi connectivity index (χ0n) is 13.8. The van der Waals surface area contributed by atoms with Gasteiger partial charge in [-0.25, -0.2) is 0 Å². The number of hydrogen-bond donors (Lipinski definition) is 2. The first-order valence-corrected chi connectivity index (χ1v) is 8.40. The number of methoxy groups -OCH3 is 1. The van der Waals surface area contributed by atoms with E-state index in [1.165, 1.54) is 5.56 Å². The third-order valence-electron chi connectivity index (χ3n) is 3.66. The number of carbonyl (C=O) groups is 1. The maximum Gasteiger partial charge on any atom is 0.221 e. The number of halogens is 1. The number of amides is 1. The Morgan fingerprint density at radius 2 is 1.88 bits per heavy atom. The number of nitrogens with one attached hydrogen (secondary N) is 2. The molecular weight excluding hydrogens is 324 g/mol. The van der Waals surface area contributed by atoms with E-state index >= 15 is 0 Å². The standard InChI is InChI=1S/C19H23ClN2O2/c1-24-18-7-5-16(6-8-18)14-22-19(23)10-12-21-11-9-15-3-2-4-17(20)13-15/h2-8,13,21H,9-12,14H2,1H3,(H,22,23). The highest BCUT2D eigenvalue weighted by Gasteiger charge is 2.02. The summed E-state index contributed by atoms with van der Waals surface area (Å²) in [5, 5.41) is 6.95. The lowest BCUT2D eigenvalue weighted by Crippen LogP contribution is -2.28. The van der Waals surface area contributed by atoms with Gasteiger partial charge in [-0.2, -0.15) is 0 Å². The second kappa shape index (κ2) is 9.96. The molecule has 128 valence electrons. The second-order valence-electron chi connectivity index (χ2n) is 5.50. The van der Waals surface area contributed by atoms with Gasteiger partial charge in [-0.3, -0.25) is 4.79 Å². The Morgan fingerprint density at radius 3 is 2.58 bits per heavy atom. The fourth-order valence-corrected chi connectivity index (χ4v) is 2.50. The molecule has 0 spiro atoms. The van der Waals surface area contributed by atoms with Crippen LogP contribution in [0, 0.1) is 0 Å². The summed E-state index contributed by atoms with van der Waals surface area (Å²) >= 11 is 5.95. The first kappa shape index (κ1) is 18.3. The van der Waals surface area contributed by atoms with Gasteiger partial charge in [-0.05, 0) is 48.4 Å². The van der Waals surface area contributed by atoms with Gasteiger partial charge in [0.2, 0.25) is 5.91 Å². The summed E-state index contributed by atoms with van der Waals surface area (Å²) in [6, 6.07) is 15.5. The highest BCUT2D eigenvalue weighted by molar-refractivity contribution is 6.30. The highest BCUT2D eigenvalue weighted by Crippen LogP contribution is 2.11. The van der Waals surface area contributed by atoms with Crippen molar-refractivity contribution in [1.29, 1.82) is 0 Å². The number of rotatable bonds is 9. The van der Waals surface area contributed by atoms with E-state index < -0.39 is 0 Å². The summed E-state index contributed by atoms with van der Waals surface area (Å²) in [7, 11) is 1.64. The average Bonchev–Trinajstić information content (AvgIpc) is 2.60. The van der Waals surface area contributed by atoms with Gasteiger partial charge in [0, 0.05) is 24.5 Å². The molecule has 0 unspecified atom stereocenters. The van der Waals surface area contributed by atoms with Crippen molar-refractivity contribution < 1.29 is 9.53 Å². The Hall–Kier alpha value is -2.04.